The molecule has 5 heteroatoms. The van der Waals surface area contributed by atoms with Crippen molar-refractivity contribution in [3.8, 4) is 5.75 Å². The molecular weight excluding hydrogens is 238 g/mol. The molecule has 1 N–H and O–H groups in total. The Kier molecular flexibility index (Phi) is 4.90. The highest BCUT2D eigenvalue weighted by Gasteiger charge is 2.12. The van der Waals surface area contributed by atoms with Crippen LogP contribution < -0.4 is 10.1 Å². The van der Waals surface area contributed by atoms with E-state index in [-0.39, 0.29) is 0 Å². The summed E-state index contributed by atoms with van der Waals surface area (Å²) in [4.78, 5) is 2.33. The molecule has 1 aliphatic heterocycles. The van der Waals surface area contributed by atoms with Crippen LogP contribution >= 0.6 is 0 Å². The van der Waals surface area contributed by atoms with Gasteiger partial charge in [-0.25, -0.2) is 0 Å². The first-order valence-electron chi connectivity index (χ1n) is 6.21. The summed E-state index contributed by atoms with van der Waals surface area (Å²) in [6.07, 6.45) is 0.739. The second-order valence-electron chi connectivity index (χ2n) is 4.33. The van der Waals surface area contributed by atoms with Gasteiger partial charge < -0.3 is 15.0 Å². The van der Waals surface area contributed by atoms with Crippen molar-refractivity contribution >= 4 is 0 Å². The van der Waals surface area contributed by atoms with E-state index < -0.39 is 6.61 Å². The van der Waals surface area contributed by atoms with Gasteiger partial charge in [0.15, 0.2) is 0 Å². The molecule has 0 aliphatic carbocycles. The second kappa shape index (κ2) is 6.66. The average molecular weight is 256 g/mol. The third kappa shape index (κ3) is 3.92. The Balaban J connectivity index is 1.91. The van der Waals surface area contributed by atoms with Gasteiger partial charge in [-0.3, -0.25) is 0 Å². The molecule has 0 amide bonds. The third-order valence-electron chi connectivity index (χ3n) is 3.10. The van der Waals surface area contributed by atoms with E-state index in [2.05, 4.69) is 15.0 Å². The number of hydrogen-bond acceptors (Lipinski definition) is 3. The van der Waals surface area contributed by atoms with E-state index in [0.29, 0.717) is 5.75 Å². The third-order valence-corrected chi connectivity index (χ3v) is 3.10. The van der Waals surface area contributed by atoms with Crippen LogP contribution in [0.2, 0.25) is 0 Å². The van der Waals surface area contributed by atoms with E-state index in [1.807, 2.05) is 12.1 Å². The molecule has 2 rings (SSSR count). The predicted molar refractivity (Wildman–Crippen MR) is 66.1 cm³/mol. The van der Waals surface area contributed by atoms with E-state index in [1.165, 1.54) is 0 Å². The molecule has 18 heavy (non-hydrogen) atoms. The summed E-state index contributed by atoms with van der Waals surface area (Å²) in [7, 11) is 0. The average Bonchev–Trinajstić information content (AvgIpc) is 2.38. The van der Waals surface area contributed by atoms with Crippen molar-refractivity contribution in [3.05, 3.63) is 29.8 Å². The molecule has 0 radical (unpaired) electrons. The molecule has 1 heterocycles. The van der Waals surface area contributed by atoms with Gasteiger partial charge in [-0.15, -0.1) is 0 Å². The lowest BCUT2D eigenvalue weighted by atomic mass is 10.1. The fourth-order valence-corrected chi connectivity index (χ4v) is 2.13. The maximum atomic E-state index is 12.3. The normalized spacial score (nSPS) is 17.1. The summed E-state index contributed by atoms with van der Waals surface area (Å²) in [5, 5.41) is 3.28. The lowest BCUT2D eigenvalue weighted by Gasteiger charge is -2.27. The Morgan fingerprint density at radius 1 is 1.22 bits per heavy atom. The number of nitrogens with zero attached hydrogens (tertiary/aromatic N) is 1. The van der Waals surface area contributed by atoms with Gasteiger partial charge >= 0.3 is 6.61 Å². The van der Waals surface area contributed by atoms with Gasteiger partial charge in [-0.05, 0) is 18.1 Å². The molecule has 0 saturated carbocycles. The molecule has 1 aliphatic rings. The minimum absolute atomic E-state index is 0.294. The quantitative estimate of drug-likeness (QED) is 0.868. The van der Waals surface area contributed by atoms with Gasteiger partial charge in [0, 0.05) is 32.7 Å². The van der Waals surface area contributed by atoms with Crippen molar-refractivity contribution in [1.29, 1.82) is 0 Å². The van der Waals surface area contributed by atoms with Crippen LogP contribution in [0.4, 0.5) is 8.78 Å². The molecule has 0 aromatic heterocycles. The smallest absolute Gasteiger partial charge is 0.387 e. The number of nitrogens with one attached hydrogen (secondary N) is 1. The summed E-state index contributed by atoms with van der Waals surface area (Å²) in [5.74, 6) is 0.294. The van der Waals surface area contributed by atoms with Crippen molar-refractivity contribution in [3.63, 3.8) is 0 Å². The van der Waals surface area contributed by atoms with Crippen LogP contribution in [0.15, 0.2) is 24.3 Å². The topological polar surface area (TPSA) is 24.5 Å². The van der Waals surface area contributed by atoms with E-state index in [9.17, 15) is 8.78 Å². The fourth-order valence-electron chi connectivity index (χ4n) is 2.13. The van der Waals surface area contributed by atoms with Gasteiger partial charge in [0.1, 0.15) is 5.75 Å². The molecule has 3 nitrogen and oxygen atoms in total. The van der Waals surface area contributed by atoms with Crippen LogP contribution in [-0.4, -0.2) is 44.2 Å². The van der Waals surface area contributed by atoms with Crippen molar-refractivity contribution in [2.45, 2.75) is 13.0 Å². The predicted octanol–water partition coefficient (Wildman–Crippen LogP) is 1.74. The monoisotopic (exact) mass is 256 g/mol. The zero-order valence-electron chi connectivity index (χ0n) is 10.2. The summed E-state index contributed by atoms with van der Waals surface area (Å²) in [5.41, 5.74) is 0.844. The molecule has 0 bridgehead atoms. The van der Waals surface area contributed by atoms with Crippen LogP contribution in [-0.2, 0) is 6.42 Å². The lowest BCUT2D eigenvalue weighted by Crippen LogP contribution is -2.44. The van der Waals surface area contributed by atoms with Crippen LogP contribution in [0.5, 0.6) is 5.75 Å². The summed E-state index contributed by atoms with van der Waals surface area (Å²) < 4.78 is 29.0. The summed E-state index contributed by atoms with van der Waals surface area (Å²) >= 11 is 0. The first-order chi connectivity index (χ1) is 8.75. The van der Waals surface area contributed by atoms with Crippen LogP contribution in [0, 0.1) is 0 Å². The largest absolute Gasteiger partial charge is 0.435 e. The molecule has 1 fully saturated rings. The maximum absolute atomic E-state index is 12.3. The number of rotatable bonds is 5. The zero-order valence-corrected chi connectivity index (χ0v) is 10.2. The molecule has 0 atom stereocenters. The maximum Gasteiger partial charge on any atom is 0.387 e. The van der Waals surface area contributed by atoms with E-state index in [0.717, 1.165) is 44.7 Å². The van der Waals surface area contributed by atoms with Crippen molar-refractivity contribution < 1.29 is 13.5 Å². The highest BCUT2D eigenvalue weighted by molar-refractivity contribution is 5.33. The number of alkyl halides is 2. The number of piperazine rings is 1. The van der Waals surface area contributed by atoms with Crippen LogP contribution in [0.3, 0.4) is 0 Å². The number of para-hydroxylation sites is 1. The van der Waals surface area contributed by atoms with Crippen molar-refractivity contribution in [1.82, 2.24) is 10.2 Å². The van der Waals surface area contributed by atoms with Gasteiger partial charge in [-0.1, -0.05) is 18.2 Å². The molecular formula is C13H18F2N2O. The Bertz CT molecular complexity index is 368. The molecule has 0 spiro atoms. The van der Waals surface area contributed by atoms with E-state index >= 15 is 0 Å². The zero-order chi connectivity index (χ0) is 12.8. The highest BCUT2D eigenvalue weighted by atomic mass is 19.3. The van der Waals surface area contributed by atoms with Gasteiger partial charge in [0.05, 0.1) is 0 Å². The lowest BCUT2D eigenvalue weighted by molar-refractivity contribution is -0.0504. The van der Waals surface area contributed by atoms with Gasteiger partial charge in [0.25, 0.3) is 0 Å². The van der Waals surface area contributed by atoms with Gasteiger partial charge in [0.2, 0.25) is 0 Å². The fraction of sp³-hybridized carbons (Fsp3) is 0.538. The molecule has 0 unspecified atom stereocenters. The SMILES string of the molecule is FC(F)Oc1ccccc1CCN1CCNCC1. The Morgan fingerprint density at radius 2 is 1.94 bits per heavy atom. The van der Waals surface area contributed by atoms with E-state index in [4.69, 9.17) is 0 Å². The number of halogens is 2. The Hall–Kier alpha value is -1.20. The number of ether oxygens (including phenoxy) is 1. The first kappa shape index (κ1) is 13.2. The van der Waals surface area contributed by atoms with Crippen LogP contribution in [0.1, 0.15) is 5.56 Å². The summed E-state index contributed by atoms with van der Waals surface area (Å²) in [6.45, 7) is 2.14. The molecule has 100 valence electrons. The number of benzene rings is 1. The molecule has 1 saturated heterocycles. The minimum Gasteiger partial charge on any atom is -0.435 e. The van der Waals surface area contributed by atoms with Gasteiger partial charge in [-0.2, -0.15) is 8.78 Å². The molecule has 1 aromatic rings. The second-order valence-corrected chi connectivity index (χ2v) is 4.33. The first-order valence-corrected chi connectivity index (χ1v) is 6.21. The van der Waals surface area contributed by atoms with Crippen LogP contribution in [0.25, 0.3) is 0 Å². The highest BCUT2D eigenvalue weighted by Crippen LogP contribution is 2.20. The minimum atomic E-state index is -2.76. The Morgan fingerprint density at radius 3 is 2.67 bits per heavy atom. The van der Waals surface area contributed by atoms with E-state index in [1.54, 1.807) is 12.1 Å². The number of hydrogen-bond donors (Lipinski definition) is 1. The van der Waals surface area contributed by atoms with Crippen molar-refractivity contribution in [2.75, 3.05) is 32.7 Å². The standard InChI is InChI=1S/C13H18F2N2O/c14-13(15)18-12-4-2-1-3-11(12)5-8-17-9-6-16-7-10-17/h1-4,13,16H,5-10H2. The molecule has 1 aromatic carbocycles. The Labute approximate surface area is 106 Å². The summed E-state index contributed by atoms with van der Waals surface area (Å²) in [6, 6.07) is 7.01. The van der Waals surface area contributed by atoms with Crippen molar-refractivity contribution in [2.24, 2.45) is 0 Å².